The second kappa shape index (κ2) is 6.10. The molecule has 2 aromatic carbocycles. The molecule has 0 unspecified atom stereocenters. The molecular weight excluding hydrogens is 383 g/mol. The van der Waals surface area contributed by atoms with Crippen molar-refractivity contribution in [2.45, 2.75) is 0 Å². The van der Waals surface area contributed by atoms with E-state index in [4.69, 9.17) is 0 Å². The Kier molecular flexibility index (Phi) is 3.81. The fourth-order valence-corrected chi connectivity index (χ4v) is 16.4. The number of allylic oxidation sites excluding steroid dienone is 6. The van der Waals surface area contributed by atoms with Crippen LogP contribution in [0.2, 0.25) is 0 Å². The van der Waals surface area contributed by atoms with Crippen molar-refractivity contribution in [3.05, 3.63) is 116 Å². The topological polar surface area (TPSA) is 0 Å². The Morgan fingerprint density at radius 2 is 1.00 bits per heavy atom. The van der Waals surface area contributed by atoms with Crippen LogP contribution in [0.15, 0.2) is 116 Å². The molecule has 4 rings (SSSR count). The molecule has 2 aliphatic rings. The van der Waals surface area contributed by atoms with Crippen LogP contribution < -0.4 is 7.16 Å². The second-order valence-electron chi connectivity index (χ2n) is 5.65. The number of hydrogen-bond acceptors (Lipinski definition) is 0. The van der Waals surface area contributed by atoms with Crippen LogP contribution in [0.3, 0.4) is 0 Å². The molecule has 0 N–H and O–H groups in total. The third kappa shape index (κ3) is 2.33. The summed E-state index contributed by atoms with van der Waals surface area (Å²) in [4.78, 5) is 0. The average molecular weight is 399 g/mol. The molecular formula is C22H16Sn. The molecule has 0 saturated heterocycles. The van der Waals surface area contributed by atoms with Crippen molar-refractivity contribution >= 4 is 25.5 Å². The van der Waals surface area contributed by atoms with Gasteiger partial charge in [-0.05, 0) is 0 Å². The summed E-state index contributed by atoms with van der Waals surface area (Å²) in [7, 11) is 0. The Morgan fingerprint density at radius 3 is 1.35 bits per heavy atom. The van der Waals surface area contributed by atoms with Gasteiger partial charge in [-0.1, -0.05) is 0 Å². The molecule has 0 amide bonds. The normalized spacial score (nSPS) is 15.1. The van der Waals surface area contributed by atoms with Crippen molar-refractivity contribution in [3.8, 4) is 0 Å². The second-order valence-corrected chi connectivity index (χ2v) is 16.3. The molecule has 0 aliphatic heterocycles. The third-order valence-electron chi connectivity index (χ3n) is 4.42. The summed E-state index contributed by atoms with van der Waals surface area (Å²) < 4.78 is 5.61. The van der Waals surface area contributed by atoms with Crippen molar-refractivity contribution in [3.63, 3.8) is 0 Å². The monoisotopic (exact) mass is 400 g/mol. The average Bonchev–Trinajstić information content (AvgIpc) is 3.32. The van der Waals surface area contributed by atoms with Crippen LogP contribution in [0.25, 0.3) is 0 Å². The van der Waals surface area contributed by atoms with E-state index in [1.54, 1.807) is 0 Å². The van der Waals surface area contributed by atoms with Gasteiger partial charge in [-0.25, -0.2) is 0 Å². The quantitative estimate of drug-likeness (QED) is 0.545. The van der Waals surface area contributed by atoms with E-state index in [1.807, 2.05) is 12.2 Å². The molecule has 2 aliphatic carbocycles. The Morgan fingerprint density at radius 1 is 0.565 bits per heavy atom. The first-order valence-corrected chi connectivity index (χ1v) is 13.5. The Balaban J connectivity index is 2.11. The first-order valence-electron chi connectivity index (χ1n) is 7.81. The standard InChI is InChI=1S/2C6H5.2C5H3.Sn/c2*1-2-4-6-5-3-1;2*1-2-4-5-3-1;/h2*1-5H;2*1-3H;. The predicted molar refractivity (Wildman–Crippen MR) is 99.4 cm³/mol. The van der Waals surface area contributed by atoms with Crippen molar-refractivity contribution in [2.24, 2.45) is 0 Å². The number of hydrogen-bond donors (Lipinski definition) is 0. The minimum absolute atomic E-state index is 1.36. The molecule has 2 aromatic rings. The van der Waals surface area contributed by atoms with E-state index in [-0.39, 0.29) is 0 Å². The van der Waals surface area contributed by atoms with E-state index in [2.05, 4.69) is 96.4 Å². The van der Waals surface area contributed by atoms with Gasteiger partial charge in [0.05, 0.1) is 0 Å². The molecule has 0 saturated carbocycles. The SMILES string of the molecule is C1=CC=C[C]=1[Sn]([C]1=C=CC=C1)([c]1ccccc1)[c]1ccccc1. The summed E-state index contributed by atoms with van der Waals surface area (Å²) in [6.45, 7) is 0. The van der Waals surface area contributed by atoms with Gasteiger partial charge in [-0.15, -0.1) is 0 Å². The zero-order valence-corrected chi connectivity index (χ0v) is 15.6. The first kappa shape index (κ1) is 14.4. The molecule has 23 heavy (non-hydrogen) atoms. The molecule has 0 aromatic heterocycles. The summed E-state index contributed by atoms with van der Waals surface area (Å²) in [5, 5.41) is 0. The number of rotatable bonds is 4. The van der Waals surface area contributed by atoms with Crippen LogP contribution in [0.1, 0.15) is 0 Å². The summed E-state index contributed by atoms with van der Waals surface area (Å²) in [5.41, 5.74) is 7.07. The van der Waals surface area contributed by atoms with E-state index < -0.39 is 18.4 Å². The molecule has 0 atom stereocenters. The zero-order valence-electron chi connectivity index (χ0n) is 12.7. The molecule has 0 fully saturated rings. The number of benzene rings is 2. The predicted octanol–water partition coefficient (Wildman–Crippen LogP) is 3.63. The van der Waals surface area contributed by atoms with E-state index in [1.165, 1.54) is 14.3 Å². The van der Waals surface area contributed by atoms with Gasteiger partial charge in [0.2, 0.25) is 0 Å². The molecule has 0 spiro atoms. The van der Waals surface area contributed by atoms with Gasteiger partial charge in [-0.2, -0.15) is 0 Å². The summed E-state index contributed by atoms with van der Waals surface area (Å²) in [5.74, 6) is 0. The Hall–Kier alpha value is -2.24. The minimum atomic E-state index is -3.29. The fourth-order valence-electron chi connectivity index (χ4n) is 3.44. The van der Waals surface area contributed by atoms with Crippen LogP contribution in [0.4, 0.5) is 0 Å². The maximum atomic E-state index is 3.54. The van der Waals surface area contributed by atoms with Crippen LogP contribution in [0, 0.1) is 0 Å². The first-order chi connectivity index (χ1) is 11.4. The fraction of sp³-hybridized carbons (Fsp3) is 0. The van der Waals surface area contributed by atoms with Crippen molar-refractivity contribution in [1.82, 2.24) is 0 Å². The van der Waals surface area contributed by atoms with Crippen LogP contribution in [-0.2, 0) is 0 Å². The van der Waals surface area contributed by atoms with E-state index >= 15 is 0 Å². The van der Waals surface area contributed by atoms with Crippen molar-refractivity contribution in [2.75, 3.05) is 0 Å². The molecule has 0 nitrogen and oxygen atoms in total. The van der Waals surface area contributed by atoms with Crippen LogP contribution in [-0.4, -0.2) is 18.4 Å². The summed E-state index contributed by atoms with van der Waals surface area (Å²) >= 11 is -3.29. The van der Waals surface area contributed by atoms with Gasteiger partial charge in [0.25, 0.3) is 0 Å². The molecule has 0 heterocycles. The van der Waals surface area contributed by atoms with Gasteiger partial charge in [0.15, 0.2) is 0 Å². The molecule has 0 bridgehead atoms. The van der Waals surface area contributed by atoms with Crippen LogP contribution in [0.5, 0.6) is 0 Å². The third-order valence-corrected chi connectivity index (χ3v) is 17.7. The van der Waals surface area contributed by atoms with Crippen molar-refractivity contribution in [1.29, 1.82) is 0 Å². The Bertz CT molecular complexity index is 835. The van der Waals surface area contributed by atoms with Gasteiger partial charge in [0.1, 0.15) is 0 Å². The zero-order chi connectivity index (χ0) is 15.5. The van der Waals surface area contributed by atoms with E-state index in [9.17, 15) is 0 Å². The summed E-state index contributed by atoms with van der Waals surface area (Å²) in [6.07, 6.45) is 12.8. The molecule has 0 radical (unpaired) electrons. The van der Waals surface area contributed by atoms with Gasteiger partial charge in [0, 0.05) is 0 Å². The maximum absolute atomic E-state index is 3.54. The summed E-state index contributed by atoms with van der Waals surface area (Å²) in [6, 6.07) is 21.9. The van der Waals surface area contributed by atoms with Gasteiger partial charge in [-0.3, -0.25) is 0 Å². The molecule has 1 heteroatoms. The van der Waals surface area contributed by atoms with Crippen LogP contribution >= 0.6 is 0 Å². The van der Waals surface area contributed by atoms with Gasteiger partial charge >= 0.3 is 141 Å². The van der Waals surface area contributed by atoms with E-state index in [0.29, 0.717) is 0 Å². The molecule has 108 valence electrons. The van der Waals surface area contributed by atoms with Crippen molar-refractivity contribution < 1.29 is 0 Å². The van der Waals surface area contributed by atoms with E-state index in [0.717, 1.165) is 0 Å². The van der Waals surface area contributed by atoms with Gasteiger partial charge < -0.3 is 0 Å². The Labute approximate surface area is 141 Å².